The number of aliphatic carboxylic acids is 1. The molecule has 1 aromatic rings. The summed E-state index contributed by atoms with van der Waals surface area (Å²) in [5, 5.41) is 8.85. The third-order valence-electron chi connectivity index (χ3n) is 3.32. The molecule has 0 saturated heterocycles. The van der Waals surface area contributed by atoms with Crippen LogP contribution in [-0.4, -0.2) is 35.2 Å². The molecule has 0 saturated carbocycles. The molecule has 0 spiro atoms. The first kappa shape index (κ1) is 17.5. The van der Waals surface area contributed by atoms with Crippen molar-refractivity contribution in [2.75, 3.05) is 13.1 Å². The number of carbonyl (C=O) groups is 1. The second-order valence-corrected chi connectivity index (χ2v) is 4.93. The molecule has 0 bridgehead atoms. The highest BCUT2D eigenvalue weighted by Gasteiger charge is 2.34. The van der Waals surface area contributed by atoms with Crippen LogP contribution >= 0.6 is 0 Å². The average molecular weight is 303 g/mol. The quantitative estimate of drug-likeness (QED) is 0.836. The van der Waals surface area contributed by atoms with Gasteiger partial charge in [-0.05, 0) is 24.0 Å². The fourth-order valence-electron chi connectivity index (χ4n) is 2.36. The second kappa shape index (κ2) is 7.45. The van der Waals surface area contributed by atoms with E-state index < -0.39 is 31.3 Å². The van der Waals surface area contributed by atoms with Crippen molar-refractivity contribution in [2.45, 2.75) is 38.9 Å². The summed E-state index contributed by atoms with van der Waals surface area (Å²) < 4.78 is 38.0. The van der Waals surface area contributed by atoms with E-state index in [1.54, 1.807) is 19.1 Å². The lowest BCUT2D eigenvalue weighted by atomic mass is 10.0. The van der Waals surface area contributed by atoms with Gasteiger partial charge in [-0.1, -0.05) is 38.1 Å². The number of benzene rings is 1. The molecule has 0 heterocycles. The van der Waals surface area contributed by atoms with Gasteiger partial charge in [-0.2, -0.15) is 13.2 Å². The van der Waals surface area contributed by atoms with E-state index in [2.05, 4.69) is 0 Å². The Labute approximate surface area is 122 Å². The van der Waals surface area contributed by atoms with Crippen molar-refractivity contribution in [1.29, 1.82) is 0 Å². The predicted octanol–water partition coefficient (Wildman–Crippen LogP) is 3.65. The van der Waals surface area contributed by atoms with Crippen LogP contribution in [0, 0.1) is 0 Å². The Morgan fingerprint density at radius 2 is 1.81 bits per heavy atom. The number of aryl methyl sites for hydroxylation is 1. The van der Waals surface area contributed by atoms with Gasteiger partial charge in [-0.25, -0.2) is 0 Å². The van der Waals surface area contributed by atoms with Gasteiger partial charge in [0.2, 0.25) is 0 Å². The fourth-order valence-corrected chi connectivity index (χ4v) is 2.36. The van der Waals surface area contributed by atoms with E-state index in [4.69, 9.17) is 5.11 Å². The van der Waals surface area contributed by atoms with Gasteiger partial charge < -0.3 is 5.11 Å². The predicted molar refractivity (Wildman–Crippen MR) is 74.1 cm³/mol. The Hall–Kier alpha value is -1.56. The molecule has 1 rings (SSSR count). The summed E-state index contributed by atoms with van der Waals surface area (Å²) in [5.74, 6) is -1.26. The number of rotatable bonds is 7. The van der Waals surface area contributed by atoms with Crippen molar-refractivity contribution in [1.82, 2.24) is 4.90 Å². The lowest BCUT2D eigenvalue weighted by Crippen LogP contribution is -2.40. The van der Waals surface area contributed by atoms with Crippen molar-refractivity contribution < 1.29 is 23.1 Å². The molecule has 0 radical (unpaired) electrons. The van der Waals surface area contributed by atoms with Crippen LogP contribution < -0.4 is 0 Å². The number of halogens is 3. The molecule has 0 aliphatic carbocycles. The molecule has 6 heteroatoms. The maximum absolute atomic E-state index is 12.7. The van der Waals surface area contributed by atoms with Crippen LogP contribution in [0.25, 0.3) is 0 Å². The number of hydrogen-bond acceptors (Lipinski definition) is 2. The summed E-state index contributed by atoms with van der Waals surface area (Å²) in [6.07, 6.45) is -3.17. The molecule has 1 aromatic carbocycles. The third kappa shape index (κ3) is 5.75. The Morgan fingerprint density at radius 3 is 2.19 bits per heavy atom. The number of nitrogens with zero attached hydrogens (tertiary/aromatic N) is 1. The van der Waals surface area contributed by atoms with Crippen LogP contribution in [0.1, 0.15) is 37.4 Å². The zero-order valence-corrected chi connectivity index (χ0v) is 12.2. The summed E-state index contributed by atoms with van der Waals surface area (Å²) >= 11 is 0. The number of hydrogen-bond donors (Lipinski definition) is 1. The van der Waals surface area contributed by atoms with Crippen molar-refractivity contribution >= 4 is 5.97 Å². The first-order valence-electron chi connectivity index (χ1n) is 6.88. The number of carboxylic acid groups (broad SMARTS) is 1. The van der Waals surface area contributed by atoms with E-state index in [1.165, 1.54) is 0 Å². The summed E-state index contributed by atoms with van der Waals surface area (Å²) in [4.78, 5) is 11.8. The highest BCUT2D eigenvalue weighted by molar-refractivity contribution is 5.69. The van der Waals surface area contributed by atoms with Crippen molar-refractivity contribution in [3.05, 3.63) is 35.4 Å². The smallest absolute Gasteiger partial charge is 0.401 e. The summed E-state index contributed by atoms with van der Waals surface area (Å²) in [6, 6.07) is 6.72. The molecule has 0 aromatic heterocycles. The molecule has 118 valence electrons. The first-order valence-corrected chi connectivity index (χ1v) is 6.88. The van der Waals surface area contributed by atoms with E-state index >= 15 is 0 Å². The minimum atomic E-state index is -4.42. The van der Waals surface area contributed by atoms with E-state index in [0.717, 1.165) is 16.9 Å². The molecule has 0 aliphatic heterocycles. The van der Waals surface area contributed by atoms with Gasteiger partial charge in [-0.15, -0.1) is 0 Å². The van der Waals surface area contributed by atoms with Gasteiger partial charge in [0, 0.05) is 6.04 Å². The average Bonchev–Trinajstić information content (AvgIpc) is 2.37. The van der Waals surface area contributed by atoms with Crippen LogP contribution in [0.4, 0.5) is 13.2 Å². The molecule has 21 heavy (non-hydrogen) atoms. The van der Waals surface area contributed by atoms with Crippen molar-refractivity contribution in [3.63, 3.8) is 0 Å². The molecule has 3 nitrogen and oxygen atoms in total. The minimum absolute atomic E-state index is 0.412. The molecular formula is C15H20F3NO2. The minimum Gasteiger partial charge on any atom is -0.480 e. The van der Waals surface area contributed by atoms with Gasteiger partial charge in [-0.3, -0.25) is 9.69 Å². The van der Waals surface area contributed by atoms with Crippen LogP contribution in [-0.2, 0) is 11.2 Å². The van der Waals surface area contributed by atoms with Gasteiger partial charge in [0.1, 0.15) is 0 Å². The molecule has 0 fully saturated rings. The lowest BCUT2D eigenvalue weighted by molar-refractivity contribution is -0.158. The Morgan fingerprint density at radius 1 is 1.24 bits per heavy atom. The monoisotopic (exact) mass is 303 g/mol. The van der Waals surface area contributed by atoms with Gasteiger partial charge >= 0.3 is 12.1 Å². The summed E-state index contributed by atoms with van der Waals surface area (Å²) in [7, 11) is 0. The normalized spacial score (nSPS) is 13.4. The molecule has 1 unspecified atom stereocenters. The van der Waals surface area contributed by atoms with Crippen LogP contribution in [0.15, 0.2) is 24.3 Å². The van der Waals surface area contributed by atoms with E-state index in [9.17, 15) is 18.0 Å². The maximum Gasteiger partial charge on any atom is 0.401 e. The summed E-state index contributed by atoms with van der Waals surface area (Å²) in [5.41, 5.74) is 1.80. The SMILES string of the molecule is CCc1ccc(C(CC)N(CC(=O)O)CC(F)(F)F)cc1. The Bertz CT molecular complexity index is 457. The third-order valence-corrected chi connectivity index (χ3v) is 3.32. The molecular weight excluding hydrogens is 283 g/mol. The van der Waals surface area contributed by atoms with E-state index in [-0.39, 0.29) is 0 Å². The van der Waals surface area contributed by atoms with Crippen molar-refractivity contribution in [3.8, 4) is 0 Å². The second-order valence-electron chi connectivity index (χ2n) is 4.93. The lowest BCUT2D eigenvalue weighted by Gasteiger charge is -2.30. The van der Waals surface area contributed by atoms with Crippen LogP contribution in [0.5, 0.6) is 0 Å². The Kier molecular flexibility index (Phi) is 6.20. The highest BCUT2D eigenvalue weighted by Crippen LogP contribution is 2.28. The molecule has 1 atom stereocenters. The number of alkyl halides is 3. The largest absolute Gasteiger partial charge is 0.480 e. The van der Waals surface area contributed by atoms with E-state index in [0.29, 0.717) is 12.0 Å². The maximum atomic E-state index is 12.7. The number of carboxylic acids is 1. The molecule has 0 amide bonds. The highest BCUT2D eigenvalue weighted by atomic mass is 19.4. The summed E-state index contributed by atoms with van der Waals surface area (Å²) in [6.45, 7) is 1.89. The van der Waals surface area contributed by atoms with Crippen LogP contribution in [0.3, 0.4) is 0 Å². The standard InChI is InChI=1S/C15H20F3NO2/c1-3-11-5-7-12(8-6-11)13(4-2)19(9-14(20)21)10-15(16,17)18/h5-8,13H,3-4,9-10H2,1-2H3,(H,20,21). The first-order chi connectivity index (χ1) is 9.76. The zero-order valence-electron chi connectivity index (χ0n) is 12.2. The van der Waals surface area contributed by atoms with E-state index in [1.807, 2.05) is 19.1 Å². The topological polar surface area (TPSA) is 40.5 Å². The van der Waals surface area contributed by atoms with Gasteiger partial charge in [0.25, 0.3) is 0 Å². The van der Waals surface area contributed by atoms with Gasteiger partial charge in [0.05, 0.1) is 13.1 Å². The molecule has 0 aliphatic rings. The zero-order chi connectivity index (χ0) is 16.0. The van der Waals surface area contributed by atoms with Crippen LogP contribution in [0.2, 0.25) is 0 Å². The van der Waals surface area contributed by atoms with Gasteiger partial charge in [0.15, 0.2) is 0 Å². The Balaban J connectivity index is 3.01. The fraction of sp³-hybridized carbons (Fsp3) is 0.533. The molecule has 1 N–H and O–H groups in total. The van der Waals surface area contributed by atoms with Crippen molar-refractivity contribution in [2.24, 2.45) is 0 Å².